The average Bonchev–Trinajstić information content (AvgIpc) is 3.12. The van der Waals surface area contributed by atoms with Crippen LogP contribution in [-0.2, 0) is 4.79 Å². The lowest BCUT2D eigenvalue weighted by Gasteiger charge is -2.31. The number of rotatable bonds is 4. The molecule has 152 valence electrons. The highest BCUT2D eigenvalue weighted by molar-refractivity contribution is 5.94. The zero-order valence-electron chi connectivity index (χ0n) is 17.0. The largest absolute Gasteiger partial charge is 0.373 e. The van der Waals surface area contributed by atoms with E-state index in [-0.39, 0.29) is 23.7 Å². The Bertz CT molecular complexity index is 893. The van der Waals surface area contributed by atoms with E-state index in [0.29, 0.717) is 26.1 Å². The normalized spacial score (nSPS) is 20.2. The van der Waals surface area contributed by atoms with Gasteiger partial charge >= 0.3 is 0 Å². The molecule has 2 fully saturated rings. The molecule has 1 aromatic carbocycles. The number of likely N-dealkylation sites (N-methyl/N-ethyl adjacent to an activating group) is 1. The topological polar surface area (TPSA) is 78.4 Å². The van der Waals surface area contributed by atoms with Crippen LogP contribution in [0, 0.1) is 0 Å². The van der Waals surface area contributed by atoms with E-state index >= 15 is 0 Å². The van der Waals surface area contributed by atoms with Crippen LogP contribution >= 0.6 is 0 Å². The van der Waals surface area contributed by atoms with Gasteiger partial charge in [-0.25, -0.2) is 9.97 Å². The Morgan fingerprint density at radius 3 is 2.45 bits per heavy atom. The number of likely N-dealkylation sites (tertiary alicyclic amines) is 2. The molecule has 2 amide bonds. The van der Waals surface area contributed by atoms with Crippen LogP contribution < -0.4 is 5.32 Å². The summed E-state index contributed by atoms with van der Waals surface area (Å²) < 4.78 is 0. The fraction of sp³-hybridized carbons (Fsp3) is 0.455. The predicted octanol–water partition coefficient (Wildman–Crippen LogP) is 2.48. The van der Waals surface area contributed by atoms with Crippen molar-refractivity contribution >= 4 is 17.6 Å². The van der Waals surface area contributed by atoms with Crippen LogP contribution in [-0.4, -0.2) is 65.3 Å². The van der Waals surface area contributed by atoms with E-state index in [1.165, 1.54) is 0 Å². The van der Waals surface area contributed by atoms with Crippen molar-refractivity contribution in [1.82, 2.24) is 19.8 Å². The zero-order chi connectivity index (χ0) is 20.4. The van der Waals surface area contributed by atoms with Crippen LogP contribution in [0.5, 0.6) is 0 Å². The molecule has 1 N–H and O–H groups in total. The second-order valence-corrected chi connectivity index (χ2v) is 7.89. The number of carbonyl (C=O) groups is 2. The number of anilines is 1. The van der Waals surface area contributed by atoms with Gasteiger partial charge in [0.05, 0.1) is 5.69 Å². The summed E-state index contributed by atoms with van der Waals surface area (Å²) in [4.78, 5) is 37.8. The highest BCUT2D eigenvalue weighted by Gasteiger charge is 2.31. The number of hydrogen-bond donors (Lipinski definition) is 1. The Hall–Kier alpha value is -2.96. The van der Waals surface area contributed by atoms with Gasteiger partial charge in [0.15, 0.2) is 0 Å². The molecule has 0 saturated carbocycles. The number of benzene rings is 1. The number of amides is 2. The third kappa shape index (κ3) is 4.09. The first kappa shape index (κ1) is 19.4. The summed E-state index contributed by atoms with van der Waals surface area (Å²) in [5.41, 5.74) is 1.66. The molecular formula is C22H27N5O2. The van der Waals surface area contributed by atoms with Crippen molar-refractivity contribution in [3.8, 4) is 0 Å². The van der Waals surface area contributed by atoms with Gasteiger partial charge in [-0.15, -0.1) is 0 Å². The van der Waals surface area contributed by atoms with E-state index in [1.807, 2.05) is 55.4 Å². The summed E-state index contributed by atoms with van der Waals surface area (Å²) in [6.45, 7) is 2.10. The first-order valence-electron chi connectivity index (χ1n) is 10.2. The van der Waals surface area contributed by atoms with E-state index in [1.54, 1.807) is 4.90 Å². The van der Waals surface area contributed by atoms with Crippen molar-refractivity contribution in [2.24, 2.45) is 0 Å². The number of hydrogen-bond acceptors (Lipinski definition) is 5. The van der Waals surface area contributed by atoms with Crippen LogP contribution in [0.1, 0.15) is 53.0 Å². The van der Waals surface area contributed by atoms with Crippen molar-refractivity contribution in [2.75, 3.05) is 39.0 Å². The standard InChI is InChI=1S/C22H27N5O2/c1-23-19-13-18(17-12-20(28)26(2)14-17)24-21(25-19)15-8-10-27(11-9-15)22(29)16-6-4-3-5-7-16/h3-7,13,15,17H,8-12,14H2,1-2H3,(H,23,24,25). The highest BCUT2D eigenvalue weighted by atomic mass is 16.2. The summed E-state index contributed by atoms with van der Waals surface area (Å²) in [6.07, 6.45) is 2.18. The molecule has 7 nitrogen and oxygen atoms in total. The Morgan fingerprint density at radius 1 is 1.10 bits per heavy atom. The molecule has 0 aliphatic carbocycles. The lowest BCUT2D eigenvalue weighted by Crippen LogP contribution is -2.38. The van der Waals surface area contributed by atoms with Gasteiger partial charge in [-0.3, -0.25) is 9.59 Å². The van der Waals surface area contributed by atoms with Crippen LogP contribution in [0.2, 0.25) is 0 Å². The fourth-order valence-corrected chi connectivity index (χ4v) is 4.17. The smallest absolute Gasteiger partial charge is 0.253 e. The molecule has 2 aliphatic rings. The van der Waals surface area contributed by atoms with E-state index in [0.717, 1.165) is 35.7 Å². The Morgan fingerprint density at radius 2 is 1.83 bits per heavy atom. The van der Waals surface area contributed by atoms with Crippen LogP contribution in [0.25, 0.3) is 0 Å². The van der Waals surface area contributed by atoms with Gasteiger partial charge in [0.2, 0.25) is 5.91 Å². The first-order valence-corrected chi connectivity index (χ1v) is 10.2. The van der Waals surface area contributed by atoms with Crippen molar-refractivity contribution in [2.45, 2.75) is 31.1 Å². The minimum atomic E-state index is 0.0853. The van der Waals surface area contributed by atoms with Crippen LogP contribution in [0.15, 0.2) is 36.4 Å². The monoisotopic (exact) mass is 393 g/mol. The van der Waals surface area contributed by atoms with Crippen molar-refractivity contribution < 1.29 is 9.59 Å². The minimum Gasteiger partial charge on any atom is -0.373 e. The summed E-state index contributed by atoms with van der Waals surface area (Å²) in [5.74, 6) is 2.18. The molecular weight excluding hydrogens is 366 g/mol. The van der Waals surface area contributed by atoms with Gasteiger partial charge in [0.1, 0.15) is 11.6 Å². The van der Waals surface area contributed by atoms with Crippen LogP contribution in [0.4, 0.5) is 5.82 Å². The fourth-order valence-electron chi connectivity index (χ4n) is 4.17. The van der Waals surface area contributed by atoms with Gasteiger partial charge in [0.25, 0.3) is 5.91 Å². The number of piperidine rings is 1. The van der Waals surface area contributed by atoms with Gasteiger partial charge in [0, 0.05) is 63.6 Å². The van der Waals surface area contributed by atoms with Crippen LogP contribution in [0.3, 0.4) is 0 Å². The van der Waals surface area contributed by atoms with E-state index in [2.05, 4.69) is 10.3 Å². The third-order valence-corrected chi connectivity index (χ3v) is 5.95. The molecule has 3 heterocycles. The molecule has 1 unspecified atom stereocenters. The number of nitrogens with zero attached hydrogens (tertiary/aromatic N) is 4. The maximum absolute atomic E-state index is 12.7. The van der Waals surface area contributed by atoms with Crippen molar-refractivity contribution in [1.29, 1.82) is 0 Å². The molecule has 1 atom stereocenters. The minimum absolute atomic E-state index is 0.0853. The Labute approximate surface area is 171 Å². The predicted molar refractivity (Wildman–Crippen MR) is 111 cm³/mol. The first-order chi connectivity index (χ1) is 14.0. The van der Waals surface area contributed by atoms with E-state index in [9.17, 15) is 9.59 Å². The van der Waals surface area contributed by atoms with Gasteiger partial charge < -0.3 is 15.1 Å². The van der Waals surface area contributed by atoms with Crippen molar-refractivity contribution in [3.05, 3.63) is 53.5 Å². The summed E-state index contributed by atoms with van der Waals surface area (Å²) >= 11 is 0. The maximum Gasteiger partial charge on any atom is 0.253 e. The molecule has 1 aromatic heterocycles. The number of carbonyl (C=O) groups excluding carboxylic acids is 2. The summed E-state index contributed by atoms with van der Waals surface area (Å²) in [5, 5.41) is 3.13. The summed E-state index contributed by atoms with van der Waals surface area (Å²) in [6, 6.07) is 11.4. The van der Waals surface area contributed by atoms with Gasteiger partial charge in [-0.2, -0.15) is 0 Å². The van der Waals surface area contributed by atoms with E-state index < -0.39 is 0 Å². The third-order valence-electron chi connectivity index (χ3n) is 5.95. The quantitative estimate of drug-likeness (QED) is 0.863. The zero-order valence-corrected chi connectivity index (χ0v) is 17.0. The number of aromatic nitrogens is 2. The maximum atomic E-state index is 12.7. The SMILES string of the molecule is CNc1cc(C2CC(=O)N(C)C2)nc(C2CCN(C(=O)c3ccccc3)CC2)n1. The molecule has 29 heavy (non-hydrogen) atoms. The second kappa shape index (κ2) is 8.19. The molecule has 4 rings (SSSR count). The lowest BCUT2D eigenvalue weighted by atomic mass is 9.94. The Balaban J connectivity index is 1.47. The average molecular weight is 393 g/mol. The molecule has 2 aromatic rings. The molecule has 7 heteroatoms. The van der Waals surface area contributed by atoms with E-state index in [4.69, 9.17) is 4.98 Å². The second-order valence-electron chi connectivity index (χ2n) is 7.89. The molecule has 2 aliphatic heterocycles. The highest BCUT2D eigenvalue weighted by Crippen LogP contribution is 2.31. The summed E-state index contributed by atoms with van der Waals surface area (Å²) in [7, 11) is 3.69. The number of nitrogens with one attached hydrogen (secondary N) is 1. The molecule has 2 saturated heterocycles. The Kier molecular flexibility index (Phi) is 5.47. The molecule has 0 radical (unpaired) electrons. The molecule has 0 bridgehead atoms. The van der Waals surface area contributed by atoms with Gasteiger partial charge in [-0.1, -0.05) is 18.2 Å². The van der Waals surface area contributed by atoms with Gasteiger partial charge in [-0.05, 0) is 25.0 Å². The molecule has 0 spiro atoms. The van der Waals surface area contributed by atoms with Crippen molar-refractivity contribution in [3.63, 3.8) is 0 Å². The lowest BCUT2D eigenvalue weighted by molar-refractivity contribution is -0.126.